The van der Waals surface area contributed by atoms with Crippen LogP contribution < -0.4 is 4.74 Å². The smallest absolute Gasteiger partial charge is 0.153 e. The number of aldehydes is 1. The molecule has 98 valence electrons. The first kappa shape index (κ1) is 13.6. The fourth-order valence-electron chi connectivity index (χ4n) is 1.87. The number of carbonyl (C=O) groups excluding carboxylic acids is 1. The van der Waals surface area contributed by atoms with Crippen LogP contribution in [0, 0.1) is 0 Å². The van der Waals surface area contributed by atoms with Gasteiger partial charge < -0.3 is 4.74 Å². The van der Waals surface area contributed by atoms with E-state index in [1.165, 1.54) is 0 Å². The molecule has 0 atom stereocenters. The topological polar surface area (TPSA) is 26.3 Å². The normalized spacial score (nSPS) is 10.5. The van der Waals surface area contributed by atoms with Gasteiger partial charge in [-0.25, -0.2) is 0 Å². The Bertz CT molecular complexity index is 591. The summed E-state index contributed by atoms with van der Waals surface area (Å²) in [6.07, 6.45) is 0.749. The fourth-order valence-corrected chi connectivity index (χ4v) is 2.05. The van der Waals surface area contributed by atoms with E-state index in [9.17, 15) is 4.79 Å². The molecule has 2 rings (SSSR count). The van der Waals surface area contributed by atoms with Crippen LogP contribution in [0.2, 0.25) is 5.02 Å². The molecule has 0 bridgehead atoms. The monoisotopic (exact) mass is 274 g/mol. The molecule has 0 saturated carbocycles. The number of halogens is 1. The van der Waals surface area contributed by atoms with Crippen LogP contribution >= 0.6 is 11.6 Å². The Hall–Kier alpha value is -1.80. The second-order valence-electron chi connectivity index (χ2n) is 4.59. The Morgan fingerprint density at radius 3 is 2.53 bits per heavy atom. The summed E-state index contributed by atoms with van der Waals surface area (Å²) >= 11 is 5.87. The molecule has 2 aromatic rings. The van der Waals surface area contributed by atoms with Gasteiger partial charge in [0.15, 0.2) is 6.29 Å². The van der Waals surface area contributed by atoms with E-state index in [1.54, 1.807) is 18.2 Å². The second kappa shape index (κ2) is 5.89. The summed E-state index contributed by atoms with van der Waals surface area (Å²) in [5.41, 5.74) is 1.56. The highest BCUT2D eigenvalue weighted by atomic mass is 35.5. The first-order valence-corrected chi connectivity index (χ1v) is 6.51. The van der Waals surface area contributed by atoms with E-state index in [0.29, 0.717) is 22.3 Å². The number of carbonyl (C=O) groups is 1. The quantitative estimate of drug-likeness (QED) is 0.728. The number of para-hydroxylation sites is 1. The summed E-state index contributed by atoms with van der Waals surface area (Å²) in [6, 6.07) is 12.8. The largest absolute Gasteiger partial charge is 0.456 e. The van der Waals surface area contributed by atoms with Crippen molar-refractivity contribution in [2.24, 2.45) is 0 Å². The van der Waals surface area contributed by atoms with Gasteiger partial charge in [0, 0.05) is 5.02 Å². The van der Waals surface area contributed by atoms with Crippen LogP contribution in [0.25, 0.3) is 0 Å². The van der Waals surface area contributed by atoms with E-state index in [-0.39, 0.29) is 0 Å². The molecule has 2 nitrogen and oxygen atoms in total. The lowest BCUT2D eigenvalue weighted by molar-refractivity contribution is 0.112. The van der Waals surface area contributed by atoms with Crippen molar-refractivity contribution in [2.75, 3.05) is 0 Å². The maximum absolute atomic E-state index is 11.0. The van der Waals surface area contributed by atoms with Crippen molar-refractivity contribution in [1.29, 1.82) is 0 Å². The van der Waals surface area contributed by atoms with Crippen molar-refractivity contribution in [1.82, 2.24) is 0 Å². The summed E-state index contributed by atoms with van der Waals surface area (Å²) in [6.45, 7) is 4.20. The van der Waals surface area contributed by atoms with E-state index in [4.69, 9.17) is 16.3 Å². The van der Waals surface area contributed by atoms with Gasteiger partial charge in [-0.15, -0.1) is 0 Å². The van der Waals surface area contributed by atoms with Gasteiger partial charge in [0.1, 0.15) is 11.5 Å². The third-order valence-corrected chi connectivity index (χ3v) is 3.09. The van der Waals surface area contributed by atoms with Crippen molar-refractivity contribution >= 4 is 17.9 Å². The predicted molar refractivity (Wildman–Crippen MR) is 77.4 cm³/mol. The summed E-state index contributed by atoms with van der Waals surface area (Å²) in [7, 11) is 0. The third-order valence-electron chi connectivity index (χ3n) is 2.86. The molecule has 0 aliphatic carbocycles. The second-order valence-corrected chi connectivity index (χ2v) is 5.03. The summed E-state index contributed by atoms with van der Waals surface area (Å²) < 4.78 is 5.86. The molecule has 19 heavy (non-hydrogen) atoms. The van der Waals surface area contributed by atoms with E-state index >= 15 is 0 Å². The lowest BCUT2D eigenvalue weighted by atomic mass is 10.0. The van der Waals surface area contributed by atoms with Gasteiger partial charge in [0.05, 0.1) is 5.56 Å². The van der Waals surface area contributed by atoms with E-state index in [0.717, 1.165) is 17.6 Å². The minimum atomic E-state index is 0.350. The van der Waals surface area contributed by atoms with Crippen LogP contribution in [0.3, 0.4) is 0 Å². The molecule has 0 aliphatic heterocycles. The molecule has 0 N–H and O–H groups in total. The van der Waals surface area contributed by atoms with Gasteiger partial charge in [-0.05, 0) is 35.7 Å². The van der Waals surface area contributed by atoms with Crippen molar-refractivity contribution < 1.29 is 9.53 Å². The highest BCUT2D eigenvalue weighted by Gasteiger charge is 2.10. The van der Waals surface area contributed by atoms with Crippen molar-refractivity contribution in [2.45, 2.75) is 19.8 Å². The molecule has 0 amide bonds. The SMILES string of the molecule is CC(C)c1ccccc1Oc1ccc(Cl)cc1C=O. The van der Waals surface area contributed by atoms with E-state index < -0.39 is 0 Å². The fraction of sp³-hybridized carbons (Fsp3) is 0.188. The third kappa shape index (κ3) is 3.15. The minimum Gasteiger partial charge on any atom is -0.456 e. The molecule has 3 heteroatoms. The van der Waals surface area contributed by atoms with Crippen LogP contribution in [0.5, 0.6) is 11.5 Å². The Morgan fingerprint density at radius 2 is 1.84 bits per heavy atom. The zero-order valence-corrected chi connectivity index (χ0v) is 11.6. The Kier molecular flexibility index (Phi) is 4.23. The zero-order chi connectivity index (χ0) is 13.8. The molecule has 0 radical (unpaired) electrons. The minimum absolute atomic E-state index is 0.350. The maximum Gasteiger partial charge on any atom is 0.153 e. The standard InChI is InChI=1S/C16H15ClO2/c1-11(2)14-5-3-4-6-16(14)19-15-8-7-13(17)9-12(15)10-18/h3-11H,1-2H3. The highest BCUT2D eigenvalue weighted by molar-refractivity contribution is 6.30. The van der Waals surface area contributed by atoms with Crippen LogP contribution in [0.4, 0.5) is 0 Å². The van der Waals surface area contributed by atoms with Crippen LogP contribution in [0.15, 0.2) is 42.5 Å². The van der Waals surface area contributed by atoms with Crippen LogP contribution in [0.1, 0.15) is 35.7 Å². The number of benzene rings is 2. The lowest BCUT2D eigenvalue weighted by Crippen LogP contribution is -1.96. The maximum atomic E-state index is 11.0. The van der Waals surface area contributed by atoms with Crippen molar-refractivity contribution in [3.05, 3.63) is 58.6 Å². The highest BCUT2D eigenvalue weighted by Crippen LogP contribution is 2.32. The molecule has 2 aromatic carbocycles. The summed E-state index contributed by atoms with van der Waals surface area (Å²) in [5.74, 6) is 1.64. The molecular formula is C16H15ClO2. The van der Waals surface area contributed by atoms with E-state index in [1.807, 2.05) is 24.3 Å². The number of rotatable bonds is 4. The Labute approximate surface area is 118 Å². The van der Waals surface area contributed by atoms with Crippen LogP contribution in [-0.4, -0.2) is 6.29 Å². The molecule has 0 heterocycles. The van der Waals surface area contributed by atoms with Crippen molar-refractivity contribution in [3.8, 4) is 11.5 Å². The first-order chi connectivity index (χ1) is 9.11. The molecule has 0 aromatic heterocycles. The van der Waals surface area contributed by atoms with Gasteiger partial charge in [-0.2, -0.15) is 0 Å². The average molecular weight is 275 g/mol. The molecule has 0 saturated heterocycles. The van der Waals surface area contributed by atoms with Gasteiger partial charge in [-0.1, -0.05) is 43.6 Å². The molecule has 0 spiro atoms. The number of hydrogen-bond acceptors (Lipinski definition) is 2. The Balaban J connectivity index is 2.39. The molecule has 0 fully saturated rings. The van der Waals surface area contributed by atoms with Gasteiger partial charge >= 0.3 is 0 Å². The lowest BCUT2D eigenvalue weighted by Gasteiger charge is -2.14. The summed E-state index contributed by atoms with van der Waals surface area (Å²) in [5, 5.41) is 0.520. The van der Waals surface area contributed by atoms with E-state index in [2.05, 4.69) is 13.8 Å². The predicted octanol–water partition coefficient (Wildman–Crippen LogP) is 5.07. The van der Waals surface area contributed by atoms with Crippen molar-refractivity contribution in [3.63, 3.8) is 0 Å². The van der Waals surface area contributed by atoms with Crippen LogP contribution in [-0.2, 0) is 0 Å². The summed E-state index contributed by atoms with van der Waals surface area (Å²) in [4.78, 5) is 11.0. The van der Waals surface area contributed by atoms with Gasteiger partial charge in [-0.3, -0.25) is 4.79 Å². The number of hydrogen-bond donors (Lipinski definition) is 0. The first-order valence-electron chi connectivity index (χ1n) is 6.13. The molecule has 0 aliphatic rings. The zero-order valence-electron chi connectivity index (χ0n) is 10.9. The number of ether oxygens (including phenoxy) is 1. The molecular weight excluding hydrogens is 260 g/mol. The molecule has 0 unspecified atom stereocenters. The average Bonchev–Trinajstić information content (AvgIpc) is 2.41. The Morgan fingerprint density at radius 1 is 1.11 bits per heavy atom. The van der Waals surface area contributed by atoms with Gasteiger partial charge in [0.2, 0.25) is 0 Å². The van der Waals surface area contributed by atoms with Gasteiger partial charge in [0.25, 0.3) is 0 Å².